The van der Waals surface area contributed by atoms with Gasteiger partial charge in [-0.25, -0.2) is 0 Å². The highest BCUT2D eigenvalue weighted by Gasteiger charge is 2.63. The molecule has 2 saturated carbocycles. The number of phenolic OH excluding ortho intramolecular Hbond substituents is 1. The van der Waals surface area contributed by atoms with Crippen LogP contribution in [0.2, 0.25) is 0 Å². The van der Waals surface area contributed by atoms with Gasteiger partial charge in [0.2, 0.25) is 0 Å². The largest absolute Gasteiger partial charge is 0.508 e. The van der Waals surface area contributed by atoms with Gasteiger partial charge in [-0.3, -0.25) is 4.79 Å². The van der Waals surface area contributed by atoms with E-state index in [9.17, 15) is 9.90 Å². The zero-order chi connectivity index (χ0) is 24.6. The van der Waals surface area contributed by atoms with Crippen LogP contribution in [0.1, 0.15) is 89.6 Å². The molecule has 188 valence electrons. The second-order valence-electron chi connectivity index (χ2n) is 11.7. The van der Waals surface area contributed by atoms with E-state index in [1.165, 1.54) is 6.92 Å². The highest BCUT2D eigenvalue weighted by molar-refractivity contribution is 5.66. The van der Waals surface area contributed by atoms with Gasteiger partial charge in [0.1, 0.15) is 23.2 Å². The van der Waals surface area contributed by atoms with Crippen molar-refractivity contribution in [1.82, 2.24) is 0 Å². The van der Waals surface area contributed by atoms with Gasteiger partial charge in [-0.1, -0.05) is 20.8 Å². The van der Waals surface area contributed by atoms with Crippen LogP contribution < -0.4 is 4.74 Å². The minimum absolute atomic E-state index is 0.0114. The monoisotopic (exact) mass is 474 g/mol. The molecule has 2 heterocycles. The van der Waals surface area contributed by atoms with Gasteiger partial charge in [-0.05, 0) is 56.4 Å². The van der Waals surface area contributed by atoms with Crippen LogP contribution in [-0.4, -0.2) is 37.0 Å². The van der Waals surface area contributed by atoms with Crippen LogP contribution >= 0.6 is 0 Å². The summed E-state index contributed by atoms with van der Waals surface area (Å²) in [6.07, 6.45) is 3.13. The van der Waals surface area contributed by atoms with Gasteiger partial charge < -0.3 is 28.8 Å². The summed E-state index contributed by atoms with van der Waals surface area (Å²) in [5, 5.41) is 11.1. The molecule has 7 atom stereocenters. The Balaban J connectivity index is 1.56. The Labute approximate surface area is 202 Å². The summed E-state index contributed by atoms with van der Waals surface area (Å²) in [6, 6.07) is 1.75. The van der Waals surface area contributed by atoms with Crippen LogP contribution in [-0.2, 0) is 30.2 Å². The molecule has 0 amide bonds. The highest BCUT2D eigenvalue weighted by atomic mass is 16.8. The van der Waals surface area contributed by atoms with Gasteiger partial charge in [0.15, 0.2) is 12.6 Å². The standard InChI is InChI=1S/C27H38O7/c1-14(28)32-20-9-10-26(4)18(25(20,2)3)8-11-27(5)19(26)13-15-17(29)12-16-21(22(15)34-27)24(31-7)33-23(16)30-6/h12,18-20,23-24,29H,8-11,13H2,1-7H3. The summed E-state index contributed by atoms with van der Waals surface area (Å²) >= 11 is 0. The van der Waals surface area contributed by atoms with Crippen molar-refractivity contribution < 1.29 is 33.6 Å². The Morgan fingerprint density at radius 1 is 1.06 bits per heavy atom. The van der Waals surface area contributed by atoms with Crippen molar-refractivity contribution in [2.45, 2.75) is 91.0 Å². The van der Waals surface area contributed by atoms with Crippen LogP contribution in [0.3, 0.4) is 0 Å². The average Bonchev–Trinajstić information content (AvgIpc) is 3.12. The molecule has 2 aliphatic carbocycles. The first-order chi connectivity index (χ1) is 16.0. The predicted octanol–water partition coefficient (Wildman–Crippen LogP) is 5.19. The first-order valence-electron chi connectivity index (χ1n) is 12.4. The molecule has 7 heteroatoms. The summed E-state index contributed by atoms with van der Waals surface area (Å²) in [6.45, 7) is 10.6. The maximum Gasteiger partial charge on any atom is 0.302 e. The van der Waals surface area contributed by atoms with Crippen LogP contribution in [0.15, 0.2) is 6.07 Å². The minimum atomic E-state index is -0.601. The molecule has 1 aromatic rings. The number of aromatic hydroxyl groups is 1. The first kappa shape index (κ1) is 23.9. The van der Waals surface area contributed by atoms with Crippen LogP contribution in [0, 0.1) is 22.7 Å². The molecule has 34 heavy (non-hydrogen) atoms. The third kappa shape index (κ3) is 3.23. The van der Waals surface area contributed by atoms with Crippen molar-refractivity contribution in [3.63, 3.8) is 0 Å². The molecule has 1 N–H and O–H groups in total. The van der Waals surface area contributed by atoms with Gasteiger partial charge in [0.25, 0.3) is 0 Å². The summed E-state index contributed by atoms with van der Waals surface area (Å²) < 4.78 is 29.7. The summed E-state index contributed by atoms with van der Waals surface area (Å²) in [4.78, 5) is 11.8. The van der Waals surface area contributed by atoms with Crippen molar-refractivity contribution >= 4 is 5.97 Å². The normalized spacial score (nSPS) is 39.8. The number of benzene rings is 1. The number of hydrogen-bond acceptors (Lipinski definition) is 7. The number of fused-ring (bicyclic) bond motifs is 6. The van der Waals surface area contributed by atoms with Crippen molar-refractivity contribution in [2.24, 2.45) is 22.7 Å². The van der Waals surface area contributed by atoms with Crippen LogP contribution in [0.4, 0.5) is 0 Å². The lowest BCUT2D eigenvalue weighted by Crippen LogP contribution is -2.64. The van der Waals surface area contributed by atoms with Gasteiger partial charge in [0, 0.05) is 43.6 Å². The zero-order valence-corrected chi connectivity index (χ0v) is 21.4. The van der Waals surface area contributed by atoms with E-state index in [1.807, 2.05) is 0 Å². The molecular formula is C27H38O7. The van der Waals surface area contributed by atoms with E-state index in [2.05, 4.69) is 27.7 Å². The number of esters is 1. The minimum Gasteiger partial charge on any atom is -0.508 e. The van der Waals surface area contributed by atoms with Gasteiger partial charge in [0.05, 0.1) is 5.56 Å². The van der Waals surface area contributed by atoms with Gasteiger partial charge in [-0.15, -0.1) is 0 Å². The topological polar surface area (TPSA) is 83.5 Å². The Bertz CT molecular complexity index is 1000. The number of ether oxygens (including phenoxy) is 5. The van der Waals surface area contributed by atoms with Crippen LogP contribution in [0.25, 0.3) is 0 Å². The number of carbonyl (C=O) groups is 1. The van der Waals surface area contributed by atoms with Crippen molar-refractivity contribution in [3.05, 3.63) is 22.8 Å². The Kier molecular flexibility index (Phi) is 5.51. The highest BCUT2D eigenvalue weighted by Crippen LogP contribution is 2.66. The molecule has 0 radical (unpaired) electrons. The average molecular weight is 475 g/mol. The molecule has 7 nitrogen and oxygen atoms in total. The molecule has 2 fully saturated rings. The fourth-order valence-corrected chi connectivity index (χ4v) is 7.99. The quantitative estimate of drug-likeness (QED) is 0.604. The van der Waals surface area contributed by atoms with E-state index >= 15 is 0 Å². The smallest absolute Gasteiger partial charge is 0.302 e. The first-order valence-corrected chi connectivity index (χ1v) is 12.4. The number of phenols is 1. The molecule has 0 spiro atoms. The molecule has 5 rings (SSSR count). The molecule has 2 aliphatic heterocycles. The van der Waals surface area contributed by atoms with E-state index in [0.717, 1.165) is 48.8 Å². The van der Waals surface area contributed by atoms with Crippen molar-refractivity contribution in [2.75, 3.05) is 14.2 Å². The van der Waals surface area contributed by atoms with E-state index < -0.39 is 12.6 Å². The Hall–Kier alpha value is -1.83. The molecule has 0 bridgehead atoms. The SMILES string of the molecule is COC1OC(OC)c2c1cc(O)c1c2OC2(C)CCC3C(C)(C)C(OC(C)=O)CCC3(C)C2C1. The molecule has 7 unspecified atom stereocenters. The molecule has 0 saturated heterocycles. The summed E-state index contributed by atoms with van der Waals surface area (Å²) in [7, 11) is 3.19. The maximum atomic E-state index is 11.8. The maximum absolute atomic E-state index is 11.8. The van der Waals surface area contributed by atoms with E-state index in [4.69, 9.17) is 23.7 Å². The van der Waals surface area contributed by atoms with Crippen molar-refractivity contribution in [1.29, 1.82) is 0 Å². The van der Waals surface area contributed by atoms with Crippen LogP contribution in [0.5, 0.6) is 11.5 Å². The fraction of sp³-hybridized carbons (Fsp3) is 0.741. The second-order valence-corrected chi connectivity index (χ2v) is 11.7. The molecule has 0 aromatic heterocycles. The third-order valence-corrected chi connectivity index (χ3v) is 9.58. The lowest BCUT2D eigenvalue weighted by atomic mass is 9.44. The molecular weight excluding hydrogens is 436 g/mol. The lowest BCUT2D eigenvalue weighted by Gasteiger charge is -2.64. The second kappa shape index (κ2) is 7.84. The summed E-state index contributed by atoms with van der Waals surface area (Å²) in [5.41, 5.74) is 1.88. The van der Waals surface area contributed by atoms with E-state index in [-0.39, 0.29) is 40.2 Å². The lowest BCUT2D eigenvalue weighted by molar-refractivity contribution is -0.219. The molecule has 4 aliphatic rings. The van der Waals surface area contributed by atoms with Gasteiger partial charge >= 0.3 is 5.97 Å². The van der Waals surface area contributed by atoms with E-state index in [0.29, 0.717) is 11.7 Å². The third-order valence-electron chi connectivity index (χ3n) is 9.58. The van der Waals surface area contributed by atoms with E-state index in [1.54, 1.807) is 20.3 Å². The molecule has 1 aromatic carbocycles. The number of hydrogen-bond donors (Lipinski definition) is 1. The Morgan fingerprint density at radius 3 is 2.41 bits per heavy atom. The summed E-state index contributed by atoms with van der Waals surface area (Å²) in [5.74, 6) is 1.30. The fourth-order valence-electron chi connectivity index (χ4n) is 7.99. The number of carbonyl (C=O) groups excluding carboxylic acids is 1. The predicted molar refractivity (Wildman–Crippen MR) is 124 cm³/mol. The van der Waals surface area contributed by atoms with Crippen molar-refractivity contribution in [3.8, 4) is 11.5 Å². The number of rotatable bonds is 3. The Morgan fingerprint density at radius 2 is 1.76 bits per heavy atom. The van der Waals surface area contributed by atoms with Gasteiger partial charge in [-0.2, -0.15) is 0 Å². The number of methoxy groups -OCH3 is 2. The zero-order valence-electron chi connectivity index (χ0n) is 21.4.